The first-order chi connectivity index (χ1) is 13.0. The zero-order chi connectivity index (χ0) is 19.0. The SMILES string of the molecule is Cn1c2ccccc2c2cc(/C=N\NC(=O)c3cc(O)ccc3O)ccc21. The highest BCUT2D eigenvalue weighted by Gasteiger charge is 2.11. The van der Waals surface area contributed by atoms with Crippen LogP contribution in [0.15, 0.2) is 65.8 Å². The number of para-hydroxylation sites is 1. The van der Waals surface area contributed by atoms with E-state index in [0.29, 0.717) is 0 Å². The lowest BCUT2D eigenvalue weighted by Gasteiger charge is -2.03. The maximum atomic E-state index is 12.1. The average molecular weight is 359 g/mol. The van der Waals surface area contributed by atoms with Gasteiger partial charge in [-0.1, -0.05) is 24.3 Å². The van der Waals surface area contributed by atoms with E-state index in [9.17, 15) is 15.0 Å². The lowest BCUT2D eigenvalue weighted by atomic mass is 10.1. The van der Waals surface area contributed by atoms with Gasteiger partial charge in [-0.15, -0.1) is 0 Å². The molecule has 134 valence electrons. The number of benzene rings is 3. The molecule has 4 aromatic rings. The van der Waals surface area contributed by atoms with Crippen LogP contribution in [-0.2, 0) is 7.05 Å². The molecule has 0 saturated heterocycles. The second-order valence-electron chi connectivity index (χ2n) is 6.25. The van der Waals surface area contributed by atoms with E-state index in [4.69, 9.17) is 0 Å². The van der Waals surface area contributed by atoms with Gasteiger partial charge in [-0.3, -0.25) is 4.79 Å². The van der Waals surface area contributed by atoms with Crippen molar-refractivity contribution in [1.29, 1.82) is 0 Å². The number of phenolic OH excluding ortho intramolecular Hbond substituents is 2. The van der Waals surface area contributed by atoms with Gasteiger partial charge in [0.15, 0.2) is 0 Å². The normalized spacial score (nSPS) is 11.4. The Kier molecular flexibility index (Phi) is 4.01. The molecule has 1 amide bonds. The molecule has 27 heavy (non-hydrogen) atoms. The highest BCUT2D eigenvalue weighted by atomic mass is 16.3. The number of hydrogen-bond donors (Lipinski definition) is 3. The number of nitrogens with zero attached hydrogens (tertiary/aromatic N) is 2. The first-order valence-electron chi connectivity index (χ1n) is 8.37. The standard InChI is InChI=1S/C21H17N3O3/c1-24-18-5-3-2-4-15(18)16-10-13(6-8-19(16)24)12-22-23-21(27)17-11-14(25)7-9-20(17)26/h2-12,25-26H,1H3,(H,23,27)/b22-12-. The Morgan fingerprint density at radius 3 is 2.63 bits per heavy atom. The number of hydrazone groups is 1. The van der Waals surface area contributed by atoms with E-state index in [-0.39, 0.29) is 17.1 Å². The number of phenols is 2. The molecule has 0 unspecified atom stereocenters. The molecule has 1 heterocycles. The van der Waals surface area contributed by atoms with Crippen LogP contribution in [-0.4, -0.2) is 26.9 Å². The second kappa shape index (κ2) is 6.49. The third-order valence-electron chi connectivity index (χ3n) is 4.54. The van der Waals surface area contributed by atoms with E-state index in [1.165, 1.54) is 18.2 Å². The first-order valence-corrected chi connectivity index (χ1v) is 8.37. The Balaban J connectivity index is 1.61. The van der Waals surface area contributed by atoms with Crippen LogP contribution in [0.5, 0.6) is 11.5 Å². The highest BCUT2D eigenvalue weighted by molar-refractivity contribution is 6.09. The van der Waals surface area contributed by atoms with Crippen LogP contribution in [0.3, 0.4) is 0 Å². The van der Waals surface area contributed by atoms with Crippen molar-refractivity contribution in [2.45, 2.75) is 0 Å². The van der Waals surface area contributed by atoms with Gasteiger partial charge in [0.2, 0.25) is 0 Å². The van der Waals surface area contributed by atoms with Crippen molar-refractivity contribution in [3.8, 4) is 11.5 Å². The van der Waals surface area contributed by atoms with E-state index in [2.05, 4.69) is 27.2 Å². The topological polar surface area (TPSA) is 86.9 Å². The Morgan fingerprint density at radius 1 is 1.00 bits per heavy atom. The summed E-state index contributed by atoms with van der Waals surface area (Å²) in [4.78, 5) is 12.1. The Hall–Kier alpha value is -3.80. The maximum Gasteiger partial charge on any atom is 0.275 e. The van der Waals surface area contributed by atoms with Gasteiger partial charge in [0.1, 0.15) is 11.5 Å². The van der Waals surface area contributed by atoms with Crippen LogP contribution < -0.4 is 5.43 Å². The number of rotatable bonds is 3. The number of aromatic nitrogens is 1. The summed E-state index contributed by atoms with van der Waals surface area (Å²) in [5.41, 5.74) is 5.41. The molecule has 0 aliphatic heterocycles. The van der Waals surface area contributed by atoms with Crippen LogP contribution >= 0.6 is 0 Å². The summed E-state index contributed by atoms with van der Waals surface area (Å²) in [6.07, 6.45) is 1.54. The molecular weight excluding hydrogens is 342 g/mol. The van der Waals surface area contributed by atoms with Gasteiger partial charge in [0.25, 0.3) is 5.91 Å². The summed E-state index contributed by atoms with van der Waals surface area (Å²) in [5.74, 6) is -0.938. The number of aromatic hydroxyl groups is 2. The van der Waals surface area contributed by atoms with Crippen molar-refractivity contribution >= 4 is 33.9 Å². The molecule has 0 atom stereocenters. The predicted octanol–water partition coefficient (Wildman–Crippen LogP) is 3.51. The maximum absolute atomic E-state index is 12.1. The predicted molar refractivity (Wildman–Crippen MR) is 105 cm³/mol. The van der Waals surface area contributed by atoms with Gasteiger partial charge in [-0.05, 0) is 42.0 Å². The Bertz CT molecular complexity index is 1210. The van der Waals surface area contributed by atoms with Crippen molar-refractivity contribution in [1.82, 2.24) is 9.99 Å². The number of nitrogens with one attached hydrogen (secondary N) is 1. The van der Waals surface area contributed by atoms with E-state index in [0.717, 1.165) is 27.4 Å². The molecule has 0 fully saturated rings. The minimum atomic E-state index is -0.606. The van der Waals surface area contributed by atoms with Gasteiger partial charge >= 0.3 is 0 Å². The van der Waals surface area contributed by atoms with Crippen LogP contribution in [0.25, 0.3) is 21.8 Å². The molecule has 3 N–H and O–H groups in total. The summed E-state index contributed by atoms with van der Waals surface area (Å²) in [6.45, 7) is 0. The number of carbonyl (C=O) groups is 1. The molecule has 6 heteroatoms. The minimum Gasteiger partial charge on any atom is -0.508 e. The lowest BCUT2D eigenvalue weighted by Crippen LogP contribution is -2.17. The molecule has 0 radical (unpaired) electrons. The molecule has 0 bridgehead atoms. The zero-order valence-corrected chi connectivity index (χ0v) is 14.5. The molecule has 0 aliphatic carbocycles. The van der Waals surface area contributed by atoms with Gasteiger partial charge in [-0.25, -0.2) is 5.43 Å². The van der Waals surface area contributed by atoms with Crippen LogP contribution in [0.2, 0.25) is 0 Å². The molecule has 0 aliphatic rings. The lowest BCUT2D eigenvalue weighted by molar-refractivity contribution is 0.0952. The number of hydrogen-bond acceptors (Lipinski definition) is 4. The Morgan fingerprint density at radius 2 is 1.78 bits per heavy atom. The smallest absolute Gasteiger partial charge is 0.275 e. The first kappa shape index (κ1) is 16.7. The van der Waals surface area contributed by atoms with E-state index in [1.54, 1.807) is 6.21 Å². The van der Waals surface area contributed by atoms with Crippen molar-refractivity contribution in [2.75, 3.05) is 0 Å². The molecule has 0 spiro atoms. The Labute approximate surface area is 155 Å². The molecular formula is C21H17N3O3. The third-order valence-corrected chi connectivity index (χ3v) is 4.54. The largest absolute Gasteiger partial charge is 0.508 e. The van der Waals surface area contributed by atoms with Gasteiger partial charge in [0, 0.05) is 28.9 Å². The number of fused-ring (bicyclic) bond motifs is 3. The molecule has 4 rings (SSSR count). The molecule has 1 aromatic heterocycles. The fourth-order valence-electron chi connectivity index (χ4n) is 3.20. The van der Waals surface area contributed by atoms with Crippen molar-refractivity contribution in [2.24, 2.45) is 12.1 Å². The summed E-state index contributed by atoms with van der Waals surface area (Å²) in [7, 11) is 2.03. The molecule has 6 nitrogen and oxygen atoms in total. The van der Waals surface area contributed by atoms with Crippen molar-refractivity contribution in [3.63, 3.8) is 0 Å². The number of aryl methyl sites for hydroxylation is 1. The minimum absolute atomic E-state index is 0.0448. The number of amides is 1. The summed E-state index contributed by atoms with van der Waals surface area (Å²) in [5, 5.41) is 25.4. The molecule has 0 saturated carbocycles. The van der Waals surface area contributed by atoms with Gasteiger partial charge in [0.05, 0.1) is 11.8 Å². The van der Waals surface area contributed by atoms with Gasteiger partial charge in [-0.2, -0.15) is 5.10 Å². The second-order valence-corrected chi connectivity index (χ2v) is 6.25. The summed E-state index contributed by atoms with van der Waals surface area (Å²) in [6, 6.07) is 17.8. The van der Waals surface area contributed by atoms with Crippen LogP contribution in [0.1, 0.15) is 15.9 Å². The quantitative estimate of drug-likeness (QED) is 0.297. The van der Waals surface area contributed by atoms with E-state index < -0.39 is 5.91 Å². The zero-order valence-electron chi connectivity index (χ0n) is 14.5. The average Bonchev–Trinajstić information content (AvgIpc) is 2.96. The summed E-state index contributed by atoms with van der Waals surface area (Å²) < 4.78 is 2.14. The van der Waals surface area contributed by atoms with Crippen molar-refractivity contribution in [3.05, 3.63) is 71.8 Å². The van der Waals surface area contributed by atoms with E-state index in [1.807, 2.05) is 37.4 Å². The molecule has 3 aromatic carbocycles. The van der Waals surface area contributed by atoms with Crippen LogP contribution in [0.4, 0.5) is 0 Å². The highest BCUT2D eigenvalue weighted by Crippen LogP contribution is 2.28. The third kappa shape index (κ3) is 2.97. The summed E-state index contributed by atoms with van der Waals surface area (Å²) >= 11 is 0. The van der Waals surface area contributed by atoms with Gasteiger partial charge < -0.3 is 14.8 Å². The number of carbonyl (C=O) groups excluding carboxylic acids is 1. The van der Waals surface area contributed by atoms with Crippen LogP contribution in [0, 0.1) is 0 Å². The van der Waals surface area contributed by atoms with Crippen molar-refractivity contribution < 1.29 is 15.0 Å². The fraction of sp³-hybridized carbons (Fsp3) is 0.0476. The monoisotopic (exact) mass is 359 g/mol. The fourth-order valence-corrected chi connectivity index (χ4v) is 3.20. The van der Waals surface area contributed by atoms with E-state index >= 15 is 0 Å².